The fourth-order valence-corrected chi connectivity index (χ4v) is 1.94. The molecule has 0 saturated heterocycles. The number of rotatable bonds is 3. The Kier molecular flexibility index (Phi) is 3.66. The highest BCUT2D eigenvalue weighted by Crippen LogP contribution is 2.35. The predicted octanol–water partition coefficient (Wildman–Crippen LogP) is 1.61. The lowest BCUT2D eigenvalue weighted by Crippen LogP contribution is -2.26. The number of hydrogen-bond donors (Lipinski definition) is 2. The van der Waals surface area contributed by atoms with Crippen LogP contribution in [0.5, 0.6) is 11.5 Å². The molecule has 0 bridgehead atoms. The van der Waals surface area contributed by atoms with Crippen LogP contribution in [0.4, 0.5) is 0 Å². The van der Waals surface area contributed by atoms with Crippen LogP contribution in [0.2, 0.25) is 0 Å². The van der Waals surface area contributed by atoms with E-state index >= 15 is 0 Å². The number of aliphatic carboxylic acids is 1. The van der Waals surface area contributed by atoms with Gasteiger partial charge in [0.2, 0.25) is 0 Å². The second-order valence-corrected chi connectivity index (χ2v) is 5.57. The minimum atomic E-state index is -0.933. The van der Waals surface area contributed by atoms with Crippen LogP contribution in [-0.4, -0.2) is 30.8 Å². The van der Waals surface area contributed by atoms with Gasteiger partial charge in [-0.25, -0.2) is 0 Å². The van der Waals surface area contributed by atoms with Crippen molar-refractivity contribution < 1.29 is 19.4 Å². The summed E-state index contributed by atoms with van der Waals surface area (Å²) in [6.45, 7) is 5.27. The molecule has 0 aromatic heterocycles. The van der Waals surface area contributed by atoms with Gasteiger partial charge in [0.1, 0.15) is 0 Å². The summed E-state index contributed by atoms with van der Waals surface area (Å²) < 4.78 is 11.4. The van der Waals surface area contributed by atoms with Gasteiger partial charge in [-0.3, -0.25) is 4.79 Å². The van der Waals surface area contributed by atoms with Gasteiger partial charge in [0, 0.05) is 12.0 Å². The molecule has 1 aliphatic rings. The SMILES string of the molecule is CC1(C)COc2ccc(C(CN)C(=O)O)cc2OC1. The van der Waals surface area contributed by atoms with E-state index in [0.717, 1.165) is 0 Å². The van der Waals surface area contributed by atoms with Crippen LogP contribution in [-0.2, 0) is 4.79 Å². The second-order valence-electron chi connectivity index (χ2n) is 5.57. The van der Waals surface area contributed by atoms with Gasteiger partial charge in [-0.15, -0.1) is 0 Å². The zero-order valence-electron chi connectivity index (χ0n) is 11.2. The molecule has 104 valence electrons. The van der Waals surface area contributed by atoms with Crippen LogP contribution >= 0.6 is 0 Å². The van der Waals surface area contributed by atoms with E-state index in [-0.39, 0.29) is 12.0 Å². The van der Waals surface area contributed by atoms with Crippen molar-refractivity contribution >= 4 is 5.97 Å². The Balaban J connectivity index is 2.30. The average Bonchev–Trinajstić information content (AvgIpc) is 2.49. The van der Waals surface area contributed by atoms with Gasteiger partial charge < -0.3 is 20.3 Å². The fraction of sp³-hybridized carbons (Fsp3) is 0.500. The van der Waals surface area contributed by atoms with Gasteiger partial charge in [-0.2, -0.15) is 0 Å². The van der Waals surface area contributed by atoms with E-state index in [1.807, 2.05) is 0 Å². The zero-order chi connectivity index (χ0) is 14.0. The number of fused-ring (bicyclic) bond motifs is 1. The van der Waals surface area contributed by atoms with E-state index in [4.69, 9.17) is 20.3 Å². The van der Waals surface area contributed by atoms with Crippen molar-refractivity contribution in [2.45, 2.75) is 19.8 Å². The highest BCUT2D eigenvalue weighted by atomic mass is 16.5. The molecule has 0 saturated carbocycles. The number of carbonyl (C=O) groups is 1. The maximum Gasteiger partial charge on any atom is 0.312 e. The maximum atomic E-state index is 11.1. The number of ether oxygens (including phenoxy) is 2. The van der Waals surface area contributed by atoms with E-state index in [9.17, 15) is 4.79 Å². The van der Waals surface area contributed by atoms with Gasteiger partial charge in [0.25, 0.3) is 0 Å². The molecule has 19 heavy (non-hydrogen) atoms. The van der Waals surface area contributed by atoms with Crippen molar-refractivity contribution in [1.82, 2.24) is 0 Å². The lowest BCUT2D eigenvalue weighted by molar-refractivity contribution is -0.138. The summed E-state index contributed by atoms with van der Waals surface area (Å²) >= 11 is 0. The standard InChI is InChI=1S/C14H19NO4/c1-14(2)7-18-11-4-3-9(5-12(11)19-8-14)10(6-15)13(16)17/h3-5,10H,6-8,15H2,1-2H3,(H,16,17). The van der Waals surface area contributed by atoms with Crippen LogP contribution < -0.4 is 15.2 Å². The monoisotopic (exact) mass is 265 g/mol. The molecule has 1 aromatic carbocycles. The number of benzene rings is 1. The fourth-order valence-electron chi connectivity index (χ4n) is 1.94. The summed E-state index contributed by atoms with van der Waals surface area (Å²) in [6.07, 6.45) is 0. The molecular weight excluding hydrogens is 246 g/mol. The Hall–Kier alpha value is -1.75. The summed E-state index contributed by atoms with van der Waals surface area (Å²) in [5, 5.41) is 9.12. The molecule has 2 rings (SSSR count). The number of carboxylic acids is 1. The quantitative estimate of drug-likeness (QED) is 0.867. The first-order valence-corrected chi connectivity index (χ1v) is 6.25. The summed E-state index contributed by atoms with van der Waals surface area (Å²) in [7, 11) is 0. The second kappa shape index (κ2) is 5.09. The van der Waals surface area contributed by atoms with Crippen molar-refractivity contribution in [2.75, 3.05) is 19.8 Å². The molecule has 1 aliphatic heterocycles. The van der Waals surface area contributed by atoms with Gasteiger partial charge in [-0.1, -0.05) is 19.9 Å². The highest BCUT2D eigenvalue weighted by Gasteiger charge is 2.26. The Morgan fingerprint density at radius 3 is 2.58 bits per heavy atom. The van der Waals surface area contributed by atoms with Gasteiger partial charge in [0.05, 0.1) is 19.1 Å². The van der Waals surface area contributed by atoms with Crippen LogP contribution in [0, 0.1) is 5.41 Å². The van der Waals surface area contributed by atoms with Crippen molar-refractivity contribution in [2.24, 2.45) is 11.1 Å². The molecule has 0 radical (unpaired) electrons. The molecule has 1 aromatic rings. The van der Waals surface area contributed by atoms with Gasteiger partial charge in [0.15, 0.2) is 11.5 Å². The van der Waals surface area contributed by atoms with E-state index in [1.165, 1.54) is 0 Å². The molecule has 0 aliphatic carbocycles. The third-order valence-corrected chi connectivity index (χ3v) is 3.14. The van der Waals surface area contributed by atoms with Crippen molar-refractivity contribution in [3.8, 4) is 11.5 Å². The van der Waals surface area contributed by atoms with Crippen LogP contribution in [0.15, 0.2) is 18.2 Å². The van der Waals surface area contributed by atoms with Crippen LogP contribution in [0.3, 0.4) is 0 Å². The normalized spacial score (nSPS) is 18.5. The summed E-state index contributed by atoms with van der Waals surface area (Å²) in [6, 6.07) is 5.19. The van der Waals surface area contributed by atoms with Crippen LogP contribution in [0.25, 0.3) is 0 Å². The highest BCUT2D eigenvalue weighted by molar-refractivity contribution is 5.76. The molecule has 0 amide bonds. The molecule has 5 heteroatoms. The number of nitrogens with two attached hydrogens (primary N) is 1. The smallest absolute Gasteiger partial charge is 0.312 e. The van der Waals surface area contributed by atoms with E-state index in [2.05, 4.69) is 13.8 Å². The largest absolute Gasteiger partial charge is 0.489 e. The topological polar surface area (TPSA) is 81.8 Å². The Labute approximate surface area is 112 Å². The zero-order valence-corrected chi connectivity index (χ0v) is 11.2. The van der Waals surface area contributed by atoms with Crippen molar-refractivity contribution in [3.63, 3.8) is 0 Å². The van der Waals surface area contributed by atoms with E-state index in [1.54, 1.807) is 18.2 Å². The molecule has 5 nitrogen and oxygen atoms in total. The van der Waals surface area contributed by atoms with E-state index in [0.29, 0.717) is 30.3 Å². The molecule has 1 atom stereocenters. The first-order valence-electron chi connectivity index (χ1n) is 6.25. The molecule has 1 heterocycles. The first-order chi connectivity index (χ1) is 8.93. The lowest BCUT2D eigenvalue weighted by atomic mass is 9.97. The molecule has 3 N–H and O–H groups in total. The summed E-state index contributed by atoms with van der Waals surface area (Å²) in [5.74, 6) is -0.416. The number of carboxylic acid groups (broad SMARTS) is 1. The van der Waals surface area contributed by atoms with Gasteiger partial charge >= 0.3 is 5.97 Å². The third-order valence-electron chi connectivity index (χ3n) is 3.14. The van der Waals surface area contributed by atoms with Crippen molar-refractivity contribution in [1.29, 1.82) is 0 Å². The number of hydrogen-bond acceptors (Lipinski definition) is 4. The maximum absolute atomic E-state index is 11.1. The minimum absolute atomic E-state index is 0.0560. The molecule has 1 unspecified atom stereocenters. The Morgan fingerprint density at radius 1 is 1.37 bits per heavy atom. The Morgan fingerprint density at radius 2 is 2.00 bits per heavy atom. The summed E-state index contributed by atoms with van der Waals surface area (Å²) in [5.41, 5.74) is 6.07. The molecule has 0 spiro atoms. The molecular formula is C14H19NO4. The predicted molar refractivity (Wildman–Crippen MR) is 70.6 cm³/mol. The van der Waals surface area contributed by atoms with Crippen molar-refractivity contribution in [3.05, 3.63) is 23.8 Å². The Bertz CT molecular complexity index is 484. The third kappa shape index (κ3) is 2.98. The lowest BCUT2D eigenvalue weighted by Gasteiger charge is -2.19. The average molecular weight is 265 g/mol. The van der Waals surface area contributed by atoms with Crippen LogP contribution in [0.1, 0.15) is 25.3 Å². The first kappa shape index (κ1) is 13.7. The minimum Gasteiger partial charge on any atom is -0.489 e. The summed E-state index contributed by atoms with van der Waals surface area (Å²) in [4.78, 5) is 11.1. The van der Waals surface area contributed by atoms with E-state index < -0.39 is 11.9 Å². The molecule has 0 fully saturated rings. The van der Waals surface area contributed by atoms with Gasteiger partial charge in [-0.05, 0) is 17.7 Å².